The average Bonchev–Trinajstić information content (AvgIpc) is 2.97. The Balaban J connectivity index is 1.58. The first-order valence-corrected chi connectivity index (χ1v) is 7.56. The first-order chi connectivity index (χ1) is 11.1. The summed E-state index contributed by atoms with van der Waals surface area (Å²) in [4.78, 5) is 16.4. The van der Waals surface area contributed by atoms with Crippen molar-refractivity contribution in [2.24, 2.45) is 0 Å². The number of rotatable bonds is 5. The van der Waals surface area contributed by atoms with Gasteiger partial charge in [0, 0.05) is 12.6 Å². The Labute approximate surface area is 134 Å². The number of pyridine rings is 1. The quantitative estimate of drug-likeness (QED) is 0.786. The summed E-state index contributed by atoms with van der Waals surface area (Å²) in [7, 11) is 0. The minimum absolute atomic E-state index is 0.0348. The molecule has 3 aromatic rings. The Morgan fingerprint density at radius 3 is 2.83 bits per heavy atom. The second-order valence-electron chi connectivity index (χ2n) is 5.60. The highest BCUT2D eigenvalue weighted by Crippen LogP contribution is 2.19. The van der Waals surface area contributed by atoms with E-state index in [1.165, 1.54) is 12.1 Å². The van der Waals surface area contributed by atoms with Gasteiger partial charge in [0.15, 0.2) is 0 Å². The normalized spacial score (nSPS) is 12.3. The molecule has 0 radical (unpaired) electrons. The number of fused-ring (bicyclic) bond motifs is 1. The van der Waals surface area contributed by atoms with E-state index in [1.54, 1.807) is 18.3 Å². The lowest BCUT2D eigenvalue weighted by atomic mass is 9.97. The molecule has 0 saturated heterocycles. The third-order valence-electron chi connectivity index (χ3n) is 3.89. The van der Waals surface area contributed by atoms with E-state index in [4.69, 9.17) is 0 Å². The van der Waals surface area contributed by atoms with Crippen molar-refractivity contribution < 1.29 is 9.18 Å². The van der Waals surface area contributed by atoms with Crippen LogP contribution in [0.5, 0.6) is 0 Å². The summed E-state index contributed by atoms with van der Waals surface area (Å²) in [5.74, 6) is 0.516. The number of hydrogen-bond donors (Lipinski definition) is 1. The zero-order chi connectivity index (χ0) is 16.2. The molecule has 0 saturated carbocycles. The minimum Gasteiger partial charge on any atom is -0.349 e. The Bertz CT molecular complexity index is 811. The summed E-state index contributed by atoms with van der Waals surface area (Å²) in [6, 6.07) is 12.1. The molecule has 0 fully saturated rings. The predicted molar refractivity (Wildman–Crippen MR) is 86.5 cm³/mol. The van der Waals surface area contributed by atoms with Gasteiger partial charge in [0.1, 0.15) is 11.6 Å². The molecule has 1 unspecified atom stereocenters. The van der Waals surface area contributed by atoms with Gasteiger partial charge in [-0.2, -0.15) is 0 Å². The number of benzene rings is 1. The summed E-state index contributed by atoms with van der Waals surface area (Å²) in [6.07, 6.45) is 4.06. The van der Waals surface area contributed by atoms with Gasteiger partial charge in [-0.1, -0.05) is 25.1 Å². The average molecular weight is 311 g/mol. The number of amides is 1. The summed E-state index contributed by atoms with van der Waals surface area (Å²) < 4.78 is 14.9. The predicted octanol–water partition coefficient (Wildman–Crippen LogP) is 3.28. The molecule has 1 atom stereocenters. The molecular formula is C18H18FN3O. The topological polar surface area (TPSA) is 46.4 Å². The van der Waals surface area contributed by atoms with E-state index < -0.39 is 0 Å². The SMILES string of the molecule is CC(CC(=O)NCc1ncc2ccccn12)c1ccc(F)cc1. The molecule has 118 valence electrons. The monoisotopic (exact) mass is 311 g/mol. The van der Waals surface area contributed by atoms with Gasteiger partial charge in [-0.05, 0) is 35.7 Å². The third kappa shape index (κ3) is 3.56. The van der Waals surface area contributed by atoms with Crippen molar-refractivity contribution in [2.75, 3.05) is 0 Å². The summed E-state index contributed by atoms with van der Waals surface area (Å²) in [5, 5.41) is 2.89. The van der Waals surface area contributed by atoms with Crippen molar-refractivity contribution in [3.63, 3.8) is 0 Å². The maximum Gasteiger partial charge on any atom is 0.220 e. The first-order valence-electron chi connectivity index (χ1n) is 7.56. The standard InChI is InChI=1S/C18H18FN3O/c1-13(14-5-7-15(19)8-6-14)10-18(23)21-12-17-20-11-16-4-2-3-9-22(16)17/h2-9,11,13H,10,12H2,1H3,(H,21,23). The fourth-order valence-corrected chi connectivity index (χ4v) is 2.57. The molecule has 0 aliphatic carbocycles. The molecule has 0 bridgehead atoms. The number of aromatic nitrogens is 2. The van der Waals surface area contributed by atoms with Crippen molar-refractivity contribution in [1.29, 1.82) is 0 Å². The fourth-order valence-electron chi connectivity index (χ4n) is 2.57. The second kappa shape index (κ2) is 6.60. The molecule has 2 heterocycles. The van der Waals surface area contributed by atoms with Crippen LogP contribution in [-0.4, -0.2) is 15.3 Å². The van der Waals surface area contributed by atoms with Crippen molar-refractivity contribution in [1.82, 2.24) is 14.7 Å². The number of imidazole rings is 1. The fraction of sp³-hybridized carbons (Fsp3) is 0.222. The molecule has 0 spiro atoms. The highest BCUT2D eigenvalue weighted by Gasteiger charge is 2.12. The summed E-state index contributed by atoms with van der Waals surface area (Å²) >= 11 is 0. The molecule has 3 rings (SSSR count). The summed E-state index contributed by atoms with van der Waals surface area (Å²) in [5.41, 5.74) is 1.95. The number of carbonyl (C=O) groups is 1. The van der Waals surface area contributed by atoms with Gasteiger partial charge < -0.3 is 9.72 Å². The van der Waals surface area contributed by atoms with Crippen molar-refractivity contribution >= 4 is 11.4 Å². The smallest absolute Gasteiger partial charge is 0.220 e. The highest BCUT2D eigenvalue weighted by atomic mass is 19.1. The van der Waals surface area contributed by atoms with E-state index in [0.717, 1.165) is 16.9 Å². The number of hydrogen-bond acceptors (Lipinski definition) is 2. The summed E-state index contributed by atoms with van der Waals surface area (Å²) in [6.45, 7) is 2.34. The van der Waals surface area contributed by atoms with Crippen LogP contribution >= 0.6 is 0 Å². The molecule has 1 N–H and O–H groups in total. The maximum absolute atomic E-state index is 12.9. The second-order valence-corrected chi connectivity index (χ2v) is 5.60. The van der Waals surface area contributed by atoms with Crippen LogP contribution in [-0.2, 0) is 11.3 Å². The van der Waals surface area contributed by atoms with Gasteiger partial charge in [0.2, 0.25) is 5.91 Å². The van der Waals surface area contributed by atoms with Crippen LogP contribution in [0.4, 0.5) is 4.39 Å². The van der Waals surface area contributed by atoms with Gasteiger partial charge in [-0.15, -0.1) is 0 Å². The van der Waals surface area contributed by atoms with E-state index in [2.05, 4.69) is 10.3 Å². The lowest BCUT2D eigenvalue weighted by Crippen LogP contribution is -2.25. The van der Waals surface area contributed by atoms with Crippen LogP contribution in [0, 0.1) is 5.82 Å². The molecule has 5 heteroatoms. The Hall–Kier alpha value is -2.69. The number of nitrogens with one attached hydrogen (secondary N) is 1. The van der Waals surface area contributed by atoms with Gasteiger partial charge >= 0.3 is 0 Å². The van der Waals surface area contributed by atoms with Crippen LogP contribution in [0.2, 0.25) is 0 Å². The van der Waals surface area contributed by atoms with Gasteiger partial charge in [-0.3, -0.25) is 4.79 Å². The molecule has 4 nitrogen and oxygen atoms in total. The molecule has 1 aromatic carbocycles. The molecule has 2 aromatic heterocycles. The minimum atomic E-state index is -0.267. The largest absolute Gasteiger partial charge is 0.349 e. The van der Waals surface area contributed by atoms with Crippen LogP contribution < -0.4 is 5.32 Å². The maximum atomic E-state index is 12.9. The zero-order valence-electron chi connectivity index (χ0n) is 12.9. The highest BCUT2D eigenvalue weighted by molar-refractivity contribution is 5.76. The van der Waals surface area contributed by atoms with Crippen LogP contribution in [0.1, 0.15) is 30.7 Å². The molecule has 0 aliphatic rings. The van der Waals surface area contributed by atoms with E-state index in [0.29, 0.717) is 13.0 Å². The molecule has 1 amide bonds. The Kier molecular flexibility index (Phi) is 4.37. The third-order valence-corrected chi connectivity index (χ3v) is 3.89. The van der Waals surface area contributed by atoms with Gasteiger partial charge in [0.25, 0.3) is 0 Å². The molecule has 23 heavy (non-hydrogen) atoms. The van der Waals surface area contributed by atoms with Gasteiger partial charge in [-0.25, -0.2) is 9.37 Å². The Morgan fingerprint density at radius 1 is 1.26 bits per heavy atom. The van der Waals surface area contributed by atoms with Crippen LogP contribution in [0.25, 0.3) is 5.52 Å². The van der Waals surface area contributed by atoms with Gasteiger partial charge in [0.05, 0.1) is 18.3 Å². The lowest BCUT2D eigenvalue weighted by Gasteiger charge is -2.12. The van der Waals surface area contributed by atoms with E-state index >= 15 is 0 Å². The van der Waals surface area contributed by atoms with Crippen LogP contribution in [0.15, 0.2) is 54.9 Å². The lowest BCUT2D eigenvalue weighted by molar-refractivity contribution is -0.121. The van der Waals surface area contributed by atoms with Crippen molar-refractivity contribution in [3.8, 4) is 0 Å². The molecular weight excluding hydrogens is 293 g/mol. The van der Waals surface area contributed by atoms with Crippen molar-refractivity contribution in [3.05, 3.63) is 72.1 Å². The number of halogens is 1. The van der Waals surface area contributed by atoms with E-state index in [-0.39, 0.29) is 17.6 Å². The number of nitrogens with zero attached hydrogens (tertiary/aromatic N) is 2. The molecule has 0 aliphatic heterocycles. The van der Waals surface area contributed by atoms with E-state index in [9.17, 15) is 9.18 Å². The first kappa shape index (κ1) is 15.2. The van der Waals surface area contributed by atoms with Crippen LogP contribution in [0.3, 0.4) is 0 Å². The van der Waals surface area contributed by atoms with Crippen molar-refractivity contribution in [2.45, 2.75) is 25.8 Å². The Morgan fingerprint density at radius 2 is 2.04 bits per heavy atom. The van der Waals surface area contributed by atoms with E-state index in [1.807, 2.05) is 35.7 Å². The zero-order valence-corrected chi connectivity index (χ0v) is 12.9. The number of carbonyl (C=O) groups excluding carboxylic acids is 1.